The van der Waals surface area contributed by atoms with Gasteiger partial charge in [0, 0.05) is 21.5 Å². The summed E-state index contributed by atoms with van der Waals surface area (Å²) in [6.07, 6.45) is 0. The second-order valence-corrected chi connectivity index (χ2v) is 17.0. The molecule has 0 aliphatic carbocycles. The van der Waals surface area contributed by atoms with E-state index in [-0.39, 0.29) is 0 Å². The summed E-state index contributed by atoms with van der Waals surface area (Å²) in [5, 5.41) is 16.7. The summed E-state index contributed by atoms with van der Waals surface area (Å²) in [7, 11) is 0. The van der Waals surface area contributed by atoms with Gasteiger partial charge in [-0.1, -0.05) is 182 Å². The average molecular weight is 813 g/mol. The average Bonchev–Trinajstić information content (AvgIpc) is 3.93. The minimum atomic E-state index is 0.874. The Hall–Kier alpha value is -8.46. The van der Waals surface area contributed by atoms with Crippen molar-refractivity contribution >= 4 is 97.7 Å². The van der Waals surface area contributed by atoms with Crippen molar-refractivity contribution in [2.24, 2.45) is 0 Å². The van der Waals surface area contributed by atoms with Crippen LogP contribution >= 0.6 is 0 Å². The van der Waals surface area contributed by atoms with Gasteiger partial charge in [0.2, 0.25) is 0 Å². The van der Waals surface area contributed by atoms with Crippen LogP contribution in [0.3, 0.4) is 0 Å². The third kappa shape index (κ3) is 5.02. The predicted molar refractivity (Wildman–Crippen MR) is 270 cm³/mol. The molecule has 64 heavy (non-hydrogen) atoms. The molecular weight excluding hydrogens is 777 g/mol. The van der Waals surface area contributed by atoms with Gasteiger partial charge in [-0.05, 0) is 135 Å². The number of fused-ring (bicyclic) bond motifs is 12. The number of furan rings is 2. The molecule has 14 rings (SSSR count). The topological polar surface area (TPSA) is 26.3 Å². The van der Waals surface area contributed by atoms with Crippen LogP contribution in [0.5, 0.6) is 0 Å². The lowest BCUT2D eigenvalue weighted by atomic mass is 9.84. The molecule has 0 saturated carbocycles. The van der Waals surface area contributed by atoms with E-state index < -0.39 is 0 Å². The highest BCUT2D eigenvalue weighted by Gasteiger charge is 2.23. The highest BCUT2D eigenvalue weighted by Crippen LogP contribution is 2.49. The first-order valence-electron chi connectivity index (χ1n) is 22.0. The largest absolute Gasteiger partial charge is 0.456 e. The summed E-state index contributed by atoms with van der Waals surface area (Å²) in [6.45, 7) is 0. The third-order valence-corrected chi connectivity index (χ3v) is 13.6. The van der Waals surface area contributed by atoms with Crippen LogP contribution in [-0.2, 0) is 0 Å². The van der Waals surface area contributed by atoms with Gasteiger partial charge in [0.25, 0.3) is 0 Å². The maximum atomic E-state index is 6.90. The van der Waals surface area contributed by atoms with Crippen LogP contribution in [0.1, 0.15) is 0 Å². The zero-order valence-corrected chi connectivity index (χ0v) is 34.6. The minimum absolute atomic E-state index is 0.874. The van der Waals surface area contributed by atoms with Crippen molar-refractivity contribution in [3.63, 3.8) is 0 Å². The molecule has 14 aromatic rings. The second kappa shape index (κ2) is 13.5. The first-order chi connectivity index (χ1) is 31.8. The van der Waals surface area contributed by atoms with Crippen LogP contribution < -0.4 is 0 Å². The Morgan fingerprint density at radius 3 is 1.31 bits per heavy atom. The van der Waals surface area contributed by atoms with Gasteiger partial charge in [-0.25, -0.2) is 0 Å². The molecule has 2 nitrogen and oxygen atoms in total. The Balaban J connectivity index is 0.995. The van der Waals surface area contributed by atoms with Crippen molar-refractivity contribution in [1.82, 2.24) is 0 Å². The van der Waals surface area contributed by atoms with E-state index in [0.717, 1.165) is 55.0 Å². The van der Waals surface area contributed by atoms with Crippen LogP contribution in [-0.4, -0.2) is 0 Å². The molecule has 2 heteroatoms. The zero-order chi connectivity index (χ0) is 41.9. The monoisotopic (exact) mass is 812 g/mol. The van der Waals surface area contributed by atoms with E-state index in [9.17, 15) is 0 Å². The first-order valence-corrected chi connectivity index (χ1v) is 22.0. The molecule has 0 amide bonds. The Labute approximate surface area is 367 Å². The lowest BCUT2D eigenvalue weighted by Crippen LogP contribution is -1.91. The molecule has 0 aliphatic heterocycles. The van der Waals surface area contributed by atoms with Gasteiger partial charge >= 0.3 is 0 Å². The summed E-state index contributed by atoms with van der Waals surface area (Å²) >= 11 is 0. The molecule has 0 saturated heterocycles. The van der Waals surface area contributed by atoms with Gasteiger partial charge in [-0.3, -0.25) is 0 Å². The molecule has 296 valence electrons. The summed E-state index contributed by atoms with van der Waals surface area (Å²) in [4.78, 5) is 0. The molecule has 0 fully saturated rings. The third-order valence-electron chi connectivity index (χ3n) is 13.6. The minimum Gasteiger partial charge on any atom is -0.456 e. The Morgan fingerprint density at radius 2 is 0.688 bits per heavy atom. The Morgan fingerprint density at radius 1 is 0.219 bits per heavy atom. The van der Waals surface area contributed by atoms with Gasteiger partial charge in [-0.2, -0.15) is 0 Å². The van der Waals surface area contributed by atoms with Crippen LogP contribution in [0.2, 0.25) is 0 Å². The Kier molecular flexibility index (Phi) is 7.43. The molecular formula is C62H36O2. The van der Waals surface area contributed by atoms with E-state index in [0.29, 0.717) is 0 Å². The molecule has 0 spiro atoms. The number of hydrogen-bond donors (Lipinski definition) is 0. The quantitative estimate of drug-likeness (QED) is 0.166. The molecule has 0 aliphatic rings. The maximum Gasteiger partial charge on any atom is 0.136 e. The molecule has 0 radical (unpaired) electrons. The fraction of sp³-hybridized carbons (Fsp3) is 0. The lowest BCUT2D eigenvalue weighted by molar-refractivity contribution is 0.669. The molecule has 0 atom stereocenters. The van der Waals surface area contributed by atoms with Crippen LogP contribution in [0.25, 0.3) is 142 Å². The van der Waals surface area contributed by atoms with E-state index in [2.05, 4.69) is 218 Å². The maximum absolute atomic E-state index is 6.90. The van der Waals surface area contributed by atoms with Crippen molar-refractivity contribution < 1.29 is 8.83 Å². The normalized spacial score (nSPS) is 12.1. The van der Waals surface area contributed by atoms with Crippen molar-refractivity contribution in [1.29, 1.82) is 0 Å². The number of benzene rings is 12. The first kappa shape index (κ1) is 35.2. The fourth-order valence-corrected chi connectivity index (χ4v) is 11.0. The van der Waals surface area contributed by atoms with E-state index in [1.165, 1.54) is 87.2 Å². The predicted octanol–water partition coefficient (Wildman–Crippen LogP) is 17.9. The van der Waals surface area contributed by atoms with Crippen molar-refractivity contribution in [2.75, 3.05) is 0 Å². The standard InChI is InChI=1S/C62H36O2/c1-2-16-38(17-3-1)57-42-19-6-8-21-44(42)59(45-22-9-7-20-43(45)57)40-29-32-50-56(36-40)64-54-28-14-27-51(62(50)54)60-48-25-12-10-23-46(48)58(47-24-11-13-26-49(47)60)39-31-33-53-52(35-39)61-41-18-5-4-15-37(41)30-34-55(61)63-53/h1-36H. The molecule has 0 N–H and O–H groups in total. The van der Waals surface area contributed by atoms with E-state index >= 15 is 0 Å². The van der Waals surface area contributed by atoms with Gasteiger partial charge in [0.05, 0.1) is 0 Å². The molecule has 2 aromatic heterocycles. The van der Waals surface area contributed by atoms with E-state index in [1.54, 1.807) is 0 Å². The highest BCUT2D eigenvalue weighted by atomic mass is 16.3. The van der Waals surface area contributed by atoms with Gasteiger partial charge in [-0.15, -0.1) is 0 Å². The molecule has 12 aromatic carbocycles. The van der Waals surface area contributed by atoms with Crippen molar-refractivity contribution in [3.8, 4) is 44.5 Å². The highest BCUT2D eigenvalue weighted by molar-refractivity contribution is 6.27. The van der Waals surface area contributed by atoms with Crippen molar-refractivity contribution in [2.45, 2.75) is 0 Å². The molecule has 2 heterocycles. The summed E-state index contributed by atoms with van der Waals surface area (Å²) in [5.74, 6) is 0. The van der Waals surface area contributed by atoms with E-state index in [1.807, 2.05) is 0 Å². The zero-order valence-electron chi connectivity index (χ0n) is 34.6. The van der Waals surface area contributed by atoms with Crippen LogP contribution in [0.4, 0.5) is 0 Å². The summed E-state index contributed by atoms with van der Waals surface area (Å²) < 4.78 is 13.4. The smallest absolute Gasteiger partial charge is 0.136 e. The van der Waals surface area contributed by atoms with Crippen molar-refractivity contribution in [3.05, 3.63) is 218 Å². The molecule has 0 unspecified atom stereocenters. The van der Waals surface area contributed by atoms with Crippen LogP contribution in [0.15, 0.2) is 227 Å². The number of hydrogen-bond acceptors (Lipinski definition) is 2. The number of rotatable bonds is 4. The second-order valence-electron chi connectivity index (χ2n) is 17.0. The van der Waals surface area contributed by atoms with Gasteiger partial charge in [0.15, 0.2) is 0 Å². The summed E-state index contributed by atoms with van der Waals surface area (Å²) in [5.41, 5.74) is 13.1. The van der Waals surface area contributed by atoms with Gasteiger partial charge < -0.3 is 8.83 Å². The molecule has 0 bridgehead atoms. The SMILES string of the molecule is c1ccc(-c2c3ccccc3c(-c3ccc4c(c3)oc3cccc(-c5c6ccccc6c(-c6ccc7oc8ccc9ccccc9c8c7c6)c6ccccc56)c34)c3ccccc23)cc1. The van der Waals surface area contributed by atoms with Crippen LogP contribution in [0, 0.1) is 0 Å². The van der Waals surface area contributed by atoms with Gasteiger partial charge in [0.1, 0.15) is 22.3 Å². The van der Waals surface area contributed by atoms with E-state index in [4.69, 9.17) is 8.83 Å². The Bertz CT molecular complexity index is 4130. The lowest BCUT2D eigenvalue weighted by Gasteiger charge is -2.18. The summed E-state index contributed by atoms with van der Waals surface area (Å²) in [6, 6.07) is 79.2. The fourth-order valence-electron chi connectivity index (χ4n) is 11.0.